The lowest BCUT2D eigenvalue weighted by Crippen LogP contribution is -2.24. The largest absolute Gasteiger partial charge is 0.461 e. The van der Waals surface area contributed by atoms with Gasteiger partial charge in [-0.05, 0) is 19.4 Å². The lowest BCUT2D eigenvalue weighted by molar-refractivity contribution is -0.151. The molecule has 1 aromatic rings. The summed E-state index contributed by atoms with van der Waals surface area (Å²) < 4.78 is 10.4. The molecule has 21 heavy (non-hydrogen) atoms. The molecule has 0 aromatic heterocycles. The maximum atomic E-state index is 12.0. The van der Waals surface area contributed by atoms with Crippen molar-refractivity contribution in [3.05, 3.63) is 48.6 Å². The van der Waals surface area contributed by atoms with Crippen LogP contribution in [0, 0.1) is 0 Å². The Kier molecular flexibility index (Phi) is 7.15. The molecule has 0 aliphatic carbocycles. The lowest BCUT2D eigenvalue weighted by Gasteiger charge is -2.19. The number of alkyl halides is 1. The highest BCUT2D eigenvalue weighted by atomic mass is 79.9. The van der Waals surface area contributed by atoms with E-state index in [1.54, 1.807) is 13.8 Å². The molecular weight excluding hydrogens is 336 g/mol. The quantitative estimate of drug-likeness (QED) is 0.426. The van der Waals surface area contributed by atoms with Crippen molar-refractivity contribution in [1.29, 1.82) is 0 Å². The summed E-state index contributed by atoms with van der Waals surface area (Å²) in [4.78, 5) is 22.6. The molecule has 0 fully saturated rings. The summed E-state index contributed by atoms with van der Waals surface area (Å²) in [6.07, 6.45) is 0.842. The summed E-state index contributed by atoms with van der Waals surface area (Å²) in [6.45, 7) is 6.84. The maximum Gasteiger partial charge on any atom is 0.330 e. The summed E-state index contributed by atoms with van der Waals surface area (Å²) in [5.74, 6) is -0.848. The van der Waals surface area contributed by atoms with Gasteiger partial charge in [0.2, 0.25) is 0 Å². The molecule has 0 saturated carbocycles. The molecule has 0 spiro atoms. The Hall–Kier alpha value is -1.62. The van der Waals surface area contributed by atoms with Gasteiger partial charge in [0.25, 0.3) is 0 Å². The van der Waals surface area contributed by atoms with Crippen LogP contribution in [-0.4, -0.2) is 24.1 Å². The molecule has 0 saturated heterocycles. The fraction of sp³-hybridized carbons (Fsp3) is 0.375. The molecule has 0 bridgehead atoms. The molecule has 1 rings (SSSR count). The number of benzene rings is 1. The van der Waals surface area contributed by atoms with Crippen LogP contribution in [0.2, 0.25) is 0 Å². The van der Waals surface area contributed by atoms with Crippen molar-refractivity contribution in [2.24, 2.45) is 0 Å². The number of carbonyl (C=O) groups is 2. The van der Waals surface area contributed by atoms with Gasteiger partial charge in [-0.1, -0.05) is 52.8 Å². The Morgan fingerprint density at radius 1 is 1.19 bits per heavy atom. The van der Waals surface area contributed by atoms with Gasteiger partial charge >= 0.3 is 11.9 Å². The molecule has 0 aliphatic heterocycles. The van der Waals surface area contributed by atoms with E-state index in [0.29, 0.717) is 6.42 Å². The third-order valence-corrected chi connectivity index (χ3v) is 3.67. The van der Waals surface area contributed by atoms with Crippen LogP contribution in [-0.2, 0) is 19.1 Å². The van der Waals surface area contributed by atoms with E-state index < -0.39 is 10.8 Å². The lowest BCUT2D eigenvalue weighted by atomic mass is 10.1. The minimum Gasteiger partial charge on any atom is -0.461 e. The van der Waals surface area contributed by atoms with Gasteiger partial charge in [0, 0.05) is 12.5 Å². The summed E-state index contributed by atoms with van der Waals surface area (Å²) in [7, 11) is 0. The molecule has 0 N–H and O–H groups in total. The van der Waals surface area contributed by atoms with Crippen molar-refractivity contribution in [2.45, 2.75) is 37.3 Å². The van der Waals surface area contributed by atoms with E-state index in [0.717, 1.165) is 11.6 Å². The van der Waals surface area contributed by atoms with E-state index in [2.05, 4.69) is 22.5 Å². The normalized spacial score (nSPS) is 14.6. The van der Waals surface area contributed by atoms with Crippen LogP contribution >= 0.6 is 15.9 Å². The van der Waals surface area contributed by atoms with Crippen LogP contribution in [0.1, 0.15) is 30.7 Å². The van der Waals surface area contributed by atoms with E-state index in [4.69, 9.17) is 9.47 Å². The van der Waals surface area contributed by atoms with Crippen molar-refractivity contribution in [1.82, 2.24) is 0 Å². The molecule has 0 amide bonds. The molecule has 0 radical (unpaired) electrons. The first kappa shape index (κ1) is 17.4. The predicted molar refractivity (Wildman–Crippen MR) is 84.0 cm³/mol. The predicted octanol–water partition coefficient (Wildman–Crippen LogP) is 3.56. The maximum absolute atomic E-state index is 12.0. The highest BCUT2D eigenvalue weighted by molar-refractivity contribution is 9.09. The number of ether oxygens (including phenoxy) is 2. The van der Waals surface area contributed by atoms with Crippen LogP contribution in [0.4, 0.5) is 0 Å². The second-order valence-corrected chi connectivity index (χ2v) is 5.62. The number of hydrogen-bond donors (Lipinski definition) is 0. The highest BCUT2D eigenvalue weighted by Crippen LogP contribution is 2.24. The summed E-state index contributed by atoms with van der Waals surface area (Å²) in [5.41, 5.74) is 0.834. The van der Waals surface area contributed by atoms with Gasteiger partial charge in [0.1, 0.15) is 17.0 Å². The number of halogens is 1. The molecule has 4 nitrogen and oxygen atoms in total. The smallest absolute Gasteiger partial charge is 0.330 e. The standard InChI is InChI=1S/C16H19BrO4/c1-4-14(18)20-11(2)10-12(3)21-16(19)15(17)13-8-6-5-7-9-13/h4-9,11-12,15H,1,10H2,2-3H3/t11-,12+,15?/m1/s1. The van der Waals surface area contributed by atoms with Gasteiger partial charge in [0.05, 0.1) is 0 Å². The molecule has 1 aromatic carbocycles. The Morgan fingerprint density at radius 3 is 2.33 bits per heavy atom. The third kappa shape index (κ3) is 6.12. The fourth-order valence-corrected chi connectivity index (χ4v) is 2.24. The zero-order valence-electron chi connectivity index (χ0n) is 12.1. The third-order valence-electron chi connectivity index (χ3n) is 2.76. The molecule has 0 heterocycles. The van der Waals surface area contributed by atoms with Crippen LogP contribution in [0.5, 0.6) is 0 Å². The van der Waals surface area contributed by atoms with Crippen molar-refractivity contribution < 1.29 is 19.1 Å². The summed E-state index contributed by atoms with van der Waals surface area (Å²) in [5, 5.41) is 0. The Balaban J connectivity index is 2.47. The molecule has 3 atom stereocenters. The van der Waals surface area contributed by atoms with Gasteiger partial charge in [-0.2, -0.15) is 0 Å². The SMILES string of the molecule is C=CC(=O)O[C@H](C)C[C@H](C)OC(=O)C(Br)c1ccccc1. The van der Waals surface area contributed by atoms with E-state index in [9.17, 15) is 9.59 Å². The Morgan fingerprint density at radius 2 is 1.76 bits per heavy atom. The number of esters is 2. The van der Waals surface area contributed by atoms with Crippen LogP contribution in [0.3, 0.4) is 0 Å². The fourth-order valence-electron chi connectivity index (χ4n) is 1.83. The van der Waals surface area contributed by atoms with Crippen LogP contribution in [0.15, 0.2) is 43.0 Å². The summed E-state index contributed by atoms with van der Waals surface area (Å²) in [6, 6.07) is 9.29. The second kappa shape index (κ2) is 8.62. The average molecular weight is 355 g/mol. The topological polar surface area (TPSA) is 52.6 Å². The minimum atomic E-state index is -0.507. The Bertz CT molecular complexity index is 486. The number of rotatable bonds is 7. The monoisotopic (exact) mass is 354 g/mol. The molecule has 0 aliphatic rings. The van der Waals surface area contributed by atoms with E-state index in [1.807, 2.05) is 30.3 Å². The first-order valence-corrected chi connectivity index (χ1v) is 7.58. The number of carbonyl (C=O) groups excluding carboxylic acids is 2. The first-order valence-electron chi connectivity index (χ1n) is 6.66. The van der Waals surface area contributed by atoms with E-state index in [1.165, 1.54) is 0 Å². The summed E-state index contributed by atoms with van der Waals surface area (Å²) >= 11 is 3.32. The molecular formula is C16H19BrO4. The highest BCUT2D eigenvalue weighted by Gasteiger charge is 2.22. The van der Waals surface area contributed by atoms with Gasteiger partial charge in [-0.25, -0.2) is 4.79 Å². The van der Waals surface area contributed by atoms with Crippen molar-refractivity contribution >= 4 is 27.9 Å². The van der Waals surface area contributed by atoms with Crippen molar-refractivity contribution in [3.63, 3.8) is 0 Å². The second-order valence-electron chi connectivity index (χ2n) is 4.71. The van der Waals surface area contributed by atoms with Gasteiger partial charge in [-0.15, -0.1) is 0 Å². The number of hydrogen-bond acceptors (Lipinski definition) is 4. The average Bonchev–Trinajstić information content (AvgIpc) is 2.46. The van der Waals surface area contributed by atoms with Crippen molar-refractivity contribution in [2.75, 3.05) is 0 Å². The van der Waals surface area contributed by atoms with Gasteiger partial charge in [-0.3, -0.25) is 4.79 Å². The molecule has 114 valence electrons. The van der Waals surface area contributed by atoms with E-state index >= 15 is 0 Å². The van der Waals surface area contributed by atoms with E-state index in [-0.39, 0.29) is 18.2 Å². The Labute approximate surface area is 133 Å². The van der Waals surface area contributed by atoms with Crippen molar-refractivity contribution in [3.8, 4) is 0 Å². The first-order chi connectivity index (χ1) is 9.93. The molecule has 1 unspecified atom stereocenters. The van der Waals surface area contributed by atoms with Crippen LogP contribution in [0.25, 0.3) is 0 Å². The zero-order valence-corrected chi connectivity index (χ0v) is 13.7. The van der Waals surface area contributed by atoms with Gasteiger partial charge < -0.3 is 9.47 Å². The van der Waals surface area contributed by atoms with Crippen LogP contribution < -0.4 is 0 Å². The zero-order chi connectivity index (χ0) is 15.8. The molecule has 5 heteroatoms. The van der Waals surface area contributed by atoms with Gasteiger partial charge in [0.15, 0.2) is 0 Å². The minimum absolute atomic E-state index is 0.344.